The fourth-order valence-electron chi connectivity index (χ4n) is 1.82. The van der Waals surface area contributed by atoms with Crippen LogP contribution in [0.5, 0.6) is 0 Å². The van der Waals surface area contributed by atoms with Crippen LogP contribution in [-0.2, 0) is 6.18 Å². The lowest BCUT2D eigenvalue weighted by atomic mass is 10.1. The van der Waals surface area contributed by atoms with Crippen molar-refractivity contribution in [2.45, 2.75) is 12.3 Å². The molecule has 0 unspecified atom stereocenters. The van der Waals surface area contributed by atoms with Gasteiger partial charge in [0.15, 0.2) is 0 Å². The molecule has 0 amide bonds. The molecule has 23 heavy (non-hydrogen) atoms. The van der Waals surface area contributed by atoms with Gasteiger partial charge >= 0.3 is 6.18 Å². The first-order valence-electron chi connectivity index (χ1n) is 6.25. The maximum atomic E-state index is 12.9. The lowest BCUT2D eigenvalue weighted by Gasteiger charge is -2.20. The Bertz CT molecular complexity index is 708. The predicted molar refractivity (Wildman–Crippen MR) is 81.2 cm³/mol. The number of nitrogens with zero attached hydrogens (tertiary/aromatic N) is 4. The highest BCUT2D eigenvalue weighted by Crippen LogP contribution is 2.32. The highest BCUT2D eigenvalue weighted by atomic mass is 32.1. The lowest BCUT2D eigenvalue weighted by molar-refractivity contribution is -0.137. The maximum Gasteiger partial charge on any atom is 0.416 e. The summed E-state index contributed by atoms with van der Waals surface area (Å²) in [4.78, 5) is 0. The lowest BCUT2D eigenvalue weighted by Crippen LogP contribution is -2.20. The maximum absolute atomic E-state index is 12.9. The van der Waals surface area contributed by atoms with E-state index in [2.05, 4.69) is 31.0 Å². The van der Waals surface area contributed by atoms with Crippen LogP contribution in [0.1, 0.15) is 17.3 Å². The Morgan fingerprint density at radius 2 is 1.57 bits per heavy atom. The second-order valence-electron chi connectivity index (χ2n) is 4.33. The van der Waals surface area contributed by atoms with Crippen LogP contribution in [0.3, 0.4) is 0 Å². The summed E-state index contributed by atoms with van der Waals surface area (Å²) in [5, 5.41) is 22.0. The van der Waals surface area contributed by atoms with Crippen LogP contribution in [0, 0.1) is 0 Å². The monoisotopic (exact) mass is 358 g/mol. The van der Waals surface area contributed by atoms with Gasteiger partial charge in [-0.15, -0.1) is 20.4 Å². The molecule has 6 nitrogen and oxygen atoms in total. The summed E-state index contributed by atoms with van der Waals surface area (Å²) in [5.41, 5.74) is 2.72. The molecule has 0 bridgehead atoms. The van der Waals surface area contributed by atoms with Crippen LogP contribution in [0.2, 0.25) is 0 Å². The average Bonchev–Trinajstić information content (AvgIpc) is 3.19. The second-order valence-corrected chi connectivity index (χ2v) is 6.00. The summed E-state index contributed by atoms with van der Waals surface area (Å²) in [6, 6.07) is 5.04. The Morgan fingerprint density at radius 3 is 2.04 bits per heavy atom. The van der Waals surface area contributed by atoms with E-state index in [0.717, 1.165) is 12.1 Å². The zero-order valence-corrected chi connectivity index (χ0v) is 12.9. The minimum atomic E-state index is -4.41. The summed E-state index contributed by atoms with van der Waals surface area (Å²) in [6.45, 7) is 0. The average molecular weight is 358 g/mol. The number of nitrogens with one attached hydrogen (secondary N) is 2. The summed E-state index contributed by atoms with van der Waals surface area (Å²) in [5.74, 6) is 0. The number of aromatic nitrogens is 4. The van der Waals surface area contributed by atoms with Gasteiger partial charge in [-0.2, -0.15) is 13.2 Å². The van der Waals surface area contributed by atoms with Gasteiger partial charge in [-0.3, -0.25) is 0 Å². The van der Waals surface area contributed by atoms with Gasteiger partial charge in [0.25, 0.3) is 0 Å². The Morgan fingerprint density at radius 1 is 0.957 bits per heavy atom. The molecule has 2 heterocycles. The van der Waals surface area contributed by atoms with Crippen molar-refractivity contribution in [3.63, 3.8) is 0 Å². The zero-order chi connectivity index (χ0) is 16.3. The summed E-state index contributed by atoms with van der Waals surface area (Å²) >= 11 is 2.48. The van der Waals surface area contributed by atoms with Crippen LogP contribution < -0.4 is 10.6 Å². The summed E-state index contributed by atoms with van der Waals surface area (Å²) in [7, 11) is 0. The third-order valence-electron chi connectivity index (χ3n) is 2.80. The molecule has 3 aromatic rings. The SMILES string of the molecule is FC(F)(F)c1cccc(C(Nc2nncs2)Nc2nncs2)c1. The van der Waals surface area contributed by atoms with Gasteiger partial charge in [0.05, 0.1) is 5.56 Å². The van der Waals surface area contributed by atoms with Crippen LogP contribution in [0.15, 0.2) is 35.3 Å². The molecule has 2 aromatic heterocycles. The summed E-state index contributed by atoms with van der Waals surface area (Å²) in [6.07, 6.45) is -5.07. The van der Waals surface area contributed by atoms with Crippen molar-refractivity contribution < 1.29 is 13.2 Å². The molecule has 0 atom stereocenters. The van der Waals surface area contributed by atoms with E-state index < -0.39 is 17.9 Å². The fourth-order valence-corrected chi connectivity index (χ4v) is 2.76. The van der Waals surface area contributed by atoms with E-state index in [-0.39, 0.29) is 0 Å². The third-order valence-corrected chi connectivity index (χ3v) is 4.05. The molecule has 0 spiro atoms. The van der Waals surface area contributed by atoms with Crippen molar-refractivity contribution in [1.82, 2.24) is 20.4 Å². The van der Waals surface area contributed by atoms with Crippen molar-refractivity contribution in [3.8, 4) is 0 Å². The van der Waals surface area contributed by atoms with Crippen molar-refractivity contribution in [2.75, 3.05) is 10.6 Å². The molecule has 0 saturated heterocycles. The van der Waals surface area contributed by atoms with E-state index >= 15 is 0 Å². The topological polar surface area (TPSA) is 75.6 Å². The van der Waals surface area contributed by atoms with Gasteiger partial charge in [-0.25, -0.2) is 0 Å². The van der Waals surface area contributed by atoms with E-state index in [4.69, 9.17) is 0 Å². The van der Waals surface area contributed by atoms with Crippen molar-refractivity contribution in [1.29, 1.82) is 0 Å². The van der Waals surface area contributed by atoms with Gasteiger partial charge in [-0.05, 0) is 17.7 Å². The first-order chi connectivity index (χ1) is 11.0. The van der Waals surface area contributed by atoms with E-state index in [9.17, 15) is 13.2 Å². The number of halogens is 3. The van der Waals surface area contributed by atoms with Gasteiger partial charge in [0, 0.05) is 0 Å². The molecule has 0 fully saturated rings. The van der Waals surface area contributed by atoms with Crippen molar-refractivity contribution >= 4 is 32.9 Å². The smallest absolute Gasteiger partial charge is 0.336 e. The molecule has 0 radical (unpaired) electrons. The van der Waals surface area contributed by atoms with Crippen LogP contribution in [-0.4, -0.2) is 20.4 Å². The molecule has 0 aliphatic rings. The second kappa shape index (κ2) is 6.46. The molecular formula is C12H9F3N6S2. The number of anilines is 2. The third kappa shape index (κ3) is 3.93. The molecular weight excluding hydrogens is 349 g/mol. The van der Waals surface area contributed by atoms with E-state index in [1.807, 2.05) is 0 Å². The number of hydrogen-bond donors (Lipinski definition) is 2. The first kappa shape index (κ1) is 15.6. The minimum absolute atomic E-state index is 0.394. The Hall–Kier alpha value is -2.27. The Balaban J connectivity index is 1.90. The highest BCUT2D eigenvalue weighted by molar-refractivity contribution is 7.13. The minimum Gasteiger partial charge on any atom is -0.336 e. The van der Waals surface area contributed by atoms with E-state index in [1.54, 1.807) is 6.07 Å². The van der Waals surface area contributed by atoms with Crippen molar-refractivity contribution in [2.24, 2.45) is 0 Å². The molecule has 11 heteroatoms. The fraction of sp³-hybridized carbons (Fsp3) is 0.167. The molecule has 3 rings (SSSR count). The highest BCUT2D eigenvalue weighted by Gasteiger charge is 2.31. The Kier molecular flexibility index (Phi) is 4.39. The number of alkyl halides is 3. The summed E-state index contributed by atoms with van der Waals surface area (Å²) < 4.78 is 38.7. The molecule has 0 saturated carbocycles. The first-order valence-corrected chi connectivity index (χ1v) is 8.01. The normalized spacial score (nSPS) is 11.7. The number of benzene rings is 1. The van der Waals surface area contributed by atoms with Gasteiger partial charge in [0.2, 0.25) is 10.3 Å². The number of hydrogen-bond acceptors (Lipinski definition) is 8. The zero-order valence-electron chi connectivity index (χ0n) is 11.3. The molecule has 0 aliphatic heterocycles. The van der Waals surface area contributed by atoms with Crippen LogP contribution in [0.4, 0.5) is 23.4 Å². The standard InChI is InChI=1S/C12H9F3N6S2/c13-12(14,15)8-3-1-2-7(4-8)9(18-10-20-16-5-22-10)19-11-21-17-6-23-11/h1-6,9H,(H,18,20)(H,19,21). The van der Waals surface area contributed by atoms with Gasteiger partial charge in [-0.1, -0.05) is 34.8 Å². The van der Waals surface area contributed by atoms with Crippen LogP contribution in [0.25, 0.3) is 0 Å². The molecule has 1 aromatic carbocycles. The largest absolute Gasteiger partial charge is 0.416 e. The van der Waals surface area contributed by atoms with E-state index in [1.165, 1.54) is 39.8 Å². The predicted octanol–water partition coefficient (Wildman–Crippen LogP) is 3.63. The molecule has 0 aliphatic carbocycles. The number of rotatable bonds is 5. The molecule has 2 N–H and O–H groups in total. The van der Waals surface area contributed by atoms with Crippen molar-refractivity contribution in [3.05, 3.63) is 46.4 Å². The molecule has 120 valence electrons. The van der Waals surface area contributed by atoms with Crippen LogP contribution >= 0.6 is 22.7 Å². The Labute approximate surface area is 136 Å². The van der Waals surface area contributed by atoms with Gasteiger partial charge in [0.1, 0.15) is 17.2 Å². The quantitative estimate of drug-likeness (QED) is 0.679. The van der Waals surface area contributed by atoms with E-state index in [0.29, 0.717) is 15.8 Å². The van der Waals surface area contributed by atoms with Gasteiger partial charge < -0.3 is 10.6 Å².